The van der Waals surface area contributed by atoms with E-state index in [-0.39, 0.29) is 27.5 Å². The highest BCUT2D eigenvalue weighted by molar-refractivity contribution is 7.91. The third kappa shape index (κ3) is 4.35. The monoisotopic (exact) mass is 364 g/mol. The lowest BCUT2D eigenvalue weighted by atomic mass is 9.98. The van der Waals surface area contributed by atoms with Crippen LogP contribution in [0.4, 0.5) is 0 Å². The smallest absolute Gasteiger partial charge is 0.221 e. The first kappa shape index (κ1) is 17.5. The van der Waals surface area contributed by atoms with Gasteiger partial charge in [0.05, 0.1) is 21.6 Å². The van der Waals surface area contributed by atoms with E-state index in [4.69, 9.17) is 28.9 Å². The van der Waals surface area contributed by atoms with Crippen molar-refractivity contribution < 1.29 is 13.2 Å². The van der Waals surface area contributed by atoms with E-state index in [0.717, 1.165) is 19.4 Å². The maximum Gasteiger partial charge on any atom is 0.221 e. The fourth-order valence-electron chi connectivity index (χ4n) is 2.57. The number of nitrogens with zero attached hydrogens (tertiary/aromatic N) is 1. The highest BCUT2D eigenvalue weighted by Gasteiger charge is 2.26. The molecule has 0 aromatic heterocycles. The fourth-order valence-corrected chi connectivity index (χ4v) is 4.66. The Morgan fingerprint density at radius 1 is 1.36 bits per heavy atom. The maximum atomic E-state index is 12.4. The predicted molar refractivity (Wildman–Crippen MR) is 86.9 cm³/mol. The number of hydrogen-bond donors (Lipinski definition) is 1. The molecule has 0 saturated carbocycles. The second kappa shape index (κ2) is 7.17. The van der Waals surface area contributed by atoms with Crippen molar-refractivity contribution in [2.24, 2.45) is 11.7 Å². The van der Waals surface area contributed by atoms with E-state index in [9.17, 15) is 13.2 Å². The molecule has 2 N–H and O–H groups in total. The normalized spacial score (nSPS) is 20.0. The van der Waals surface area contributed by atoms with Crippen molar-refractivity contribution in [3.63, 3.8) is 0 Å². The van der Waals surface area contributed by atoms with E-state index in [0.29, 0.717) is 18.1 Å². The van der Waals surface area contributed by atoms with Crippen molar-refractivity contribution in [1.29, 1.82) is 0 Å². The summed E-state index contributed by atoms with van der Waals surface area (Å²) in [6.07, 6.45) is 1.60. The van der Waals surface area contributed by atoms with Crippen LogP contribution < -0.4 is 5.73 Å². The van der Waals surface area contributed by atoms with Crippen molar-refractivity contribution in [2.45, 2.75) is 17.7 Å². The van der Waals surface area contributed by atoms with Crippen LogP contribution in [0.1, 0.15) is 12.8 Å². The minimum Gasteiger partial charge on any atom is -0.369 e. The average molecular weight is 365 g/mol. The van der Waals surface area contributed by atoms with Gasteiger partial charge in [-0.3, -0.25) is 4.79 Å². The van der Waals surface area contributed by atoms with E-state index in [1.54, 1.807) is 6.07 Å². The van der Waals surface area contributed by atoms with Crippen LogP contribution in [-0.2, 0) is 14.6 Å². The predicted octanol–water partition coefficient (Wildman–Crippen LogP) is 1.96. The molecule has 0 aliphatic carbocycles. The molecular formula is C14H18Cl2N2O3S. The van der Waals surface area contributed by atoms with Crippen molar-refractivity contribution in [2.75, 3.05) is 25.4 Å². The van der Waals surface area contributed by atoms with Crippen LogP contribution in [0.5, 0.6) is 0 Å². The largest absolute Gasteiger partial charge is 0.369 e. The molecule has 22 heavy (non-hydrogen) atoms. The molecule has 2 rings (SSSR count). The number of carbonyl (C=O) groups is 1. The van der Waals surface area contributed by atoms with Gasteiger partial charge in [0.25, 0.3) is 0 Å². The highest BCUT2D eigenvalue weighted by Crippen LogP contribution is 2.26. The lowest BCUT2D eigenvalue weighted by Crippen LogP contribution is -2.42. The van der Waals surface area contributed by atoms with Crippen molar-refractivity contribution in [3.05, 3.63) is 28.2 Å². The van der Waals surface area contributed by atoms with Crippen molar-refractivity contribution in [1.82, 2.24) is 4.90 Å². The van der Waals surface area contributed by atoms with Gasteiger partial charge in [-0.2, -0.15) is 0 Å². The van der Waals surface area contributed by atoms with E-state index in [1.807, 2.05) is 4.90 Å². The Balaban J connectivity index is 2.03. The summed E-state index contributed by atoms with van der Waals surface area (Å²) < 4.78 is 24.8. The molecule has 1 aliphatic rings. The Bertz CT molecular complexity index is 664. The van der Waals surface area contributed by atoms with Crippen LogP contribution in [0.2, 0.25) is 10.0 Å². The van der Waals surface area contributed by atoms with Gasteiger partial charge in [-0.25, -0.2) is 8.42 Å². The molecule has 1 aliphatic heterocycles. The third-order valence-corrected chi connectivity index (χ3v) is 6.22. The number of nitrogens with two attached hydrogens (primary N) is 1. The molecule has 1 saturated heterocycles. The quantitative estimate of drug-likeness (QED) is 0.865. The summed E-state index contributed by atoms with van der Waals surface area (Å²) in [6.45, 7) is 1.62. The van der Waals surface area contributed by atoms with Gasteiger partial charge in [-0.15, -0.1) is 0 Å². The fraction of sp³-hybridized carbons (Fsp3) is 0.500. The number of likely N-dealkylation sites (tertiary alicyclic amines) is 1. The van der Waals surface area contributed by atoms with Crippen molar-refractivity contribution in [3.8, 4) is 0 Å². The van der Waals surface area contributed by atoms with Crippen molar-refractivity contribution >= 4 is 38.9 Å². The molecule has 1 amide bonds. The number of carbonyl (C=O) groups excluding carboxylic acids is 1. The number of halogens is 2. The Morgan fingerprint density at radius 2 is 2.09 bits per heavy atom. The highest BCUT2D eigenvalue weighted by atomic mass is 35.5. The van der Waals surface area contributed by atoms with Gasteiger partial charge in [0.2, 0.25) is 5.91 Å². The molecule has 5 nitrogen and oxygen atoms in total. The second-order valence-corrected chi connectivity index (χ2v) is 8.36. The molecule has 1 atom stereocenters. The van der Waals surface area contributed by atoms with Gasteiger partial charge in [0.1, 0.15) is 0 Å². The number of piperidine rings is 1. The van der Waals surface area contributed by atoms with Gasteiger partial charge < -0.3 is 10.6 Å². The van der Waals surface area contributed by atoms with Crippen LogP contribution in [0.15, 0.2) is 23.1 Å². The SMILES string of the molecule is NC(=O)[C@@H]1CCCN(CCS(=O)(=O)c2cc(Cl)ccc2Cl)C1. The number of primary amides is 1. The minimum absolute atomic E-state index is 0.0464. The minimum atomic E-state index is -3.52. The molecule has 1 aromatic rings. The van der Waals surface area contributed by atoms with Crippen LogP contribution in [0.25, 0.3) is 0 Å². The summed E-state index contributed by atoms with van der Waals surface area (Å²) in [6, 6.07) is 4.38. The first-order chi connectivity index (χ1) is 10.3. The number of amides is 1. The summed E-state index contributed by atoms with van der Waals surface area (Å²) in [5.41, 5.74) is 5.32. The van der Waals surface area contributed by atoms with E-state index < -0.39 is 9.84 Å². The molecule has 1 heterocycles. The summed E-state index contributed by atoms with van der Waals surface area (Å²) in [4.78, 5) is 13.2. The first-order valence-corrected chi connectivity index (χ1v) is 9.40. The molecular weight excluding hydrogens is 347 g/mol. The van der Waals surface area contributed by atoms with Gasteiger partial charge in [-0.1, -0.05) is 23.2 Å². The Morgan fingerprint density at radius 3 is 2.77 bits per heavy atom. The number of hydrogen-bond acceptors (Lipinski definition) is 4. The zero-order valence-corrected chi connectivity index (χ0v) is 14.3. The molecule has 1 aromatic carbocycles. The molecule has 122 valence electrons. The number of benzene rings is 1. The van der Waals surface area contributed by atoms with E-state index in [1.165, 1.54) is 12.1 Å². The Labute approximate surface area is 140 Å². The van der Waals surface area contributed by atoms with Crippen LogP contribution in [0.3, 0.4) is 0 Å². The second-order valence-electron chi connectivity index (χ2n) is 5.44. The van der Waals surface area contributed by atoms with Gasteiger partial charge in [0, 0.05) is 18.1 Å². The Hall–Kier alpha value is -0.820. The van der Waals surface area contributed by atoms with E-state index in [2.05, 4.69) is 0 Å². The van der Waals surface area contributed by atoms with Crippen LogP contribution in [-0.4, -0.2) is 44.6 Å². The van der Waals surface area contributed by atoms with Crippen LogP contribution in [0, 0.1) is 5.92 Å². The zero-order chi connectivity index (χ0) is 16.3. The third-order valence-electron chi connectivity index (χ3n) is 3.81. The summed E-state index contributed by atoms with van der Waals surface area (Å²) in [5, 5.41) is 0.493. The molecule has 8 heteroatoms. The zero-order valence-electron chi connectivity index (χ0n) is 12.0. The average Bonchev–Trinajstić information content (AvgIpc) is 2.48. The summed E-state index contributed by atoms with van der Waals surface area (Å²) >= 11 is 11.8. The number of rotatable bonds is 5. The molecule has 0 unspecified atom stereocenters. The van der Waals surface area contributed by atoms with E-state index >= 15 is 0 Å². The lowest BCUT2D eigenvalue weighted by molar-refractivity contribution is -0.123. The molecule has 0 bridgehead atoms. The van der Waals surface area contributed by atoms with Gasteiger partial charge in [0.15, 0.2) is 9.84 Å². The summed E-state index contributed by atoms with van der Waals surface area (Å²) in [5.74, 6) is -0.602. The number of sulfone groups is 1. The maximum absolute atomic E-state index is 12.4. The standard InChI is InChI=1S/C14H18Cl2N2O3S/c15-11-3-4-12(16)13(8-11)22(20,21)7-6-18-5-1-2-10(9-18)14(17)19/h3-4,8,10H,1-2,5-7,9H2,(H2,17,19)/t10-/m1/s1. The van der Waals surface area contributed by atoms with Gasteiger partial charge in [-0.05, 0) is 37.6 Å². The molecule has 1 fully saturated rings. The lowest BCUT2D eigenvalue weighted by Gasteiger charge is -2.30. The molecule has 0 spiro atoms. The van der Waals surface area contributed by atoms with Gasteiger partial charge >= 0.3 is 0 Å². The van der Waals surface area contributed by atoms with Crippen LogP contribution >= 0.6 is 23.2 Å². The summed E-state index contributed by atoms with van der Waals surface area (Å²) in [7, 11) is -3.52. The molecule has 0 radical (unpaired) electrons. The Kier molecular flexibility index (Phi) is 5.71. The first-order valence-electron chi connectivity index (χ1n) is 6.99. The topological polar surface area (TPSA) is 80.5 Å².